The first-order chi connectivity index (χ1) is 7.40. The highest BCUT2D eigenvalue weighted by Crippen LogP contribution is 2.19. The molecule has 0 saturated carbocycles. The zero-order valence-corrected chi connectivity index (χ0v) is 9.17. The van der Waals surface area contributed by atoms with Crippen LogP contribution in [-0.4, -0.2) is 22.7 Å². The fraction of sp³-hybridized carbons (Fsp3) is 0.600. The molecule has 0 aliphatic carbocycles. The number of nitrogens with one attached hydrogen (secondary N) is 1. The molecule has 1 heterocycles. The summed E-state index contributed by atoms with van der Waals surface area (Å²) in [5.74, 6) is 0. The Morgan fingerprint density at radius 2 is 1.94 bits per heavy atom. The number of nitrogens with zero attached hydrogens (tertiary/aromatic N) is 2. The third-order valence-electron chi connectivity index (χ3n) is 2.19. The Morgan fingerprint density at radius 1 is 1.31 bits per heavy atom. The monoisotopic (exact) mass is 233 g/mol. The molecule has 1 N–H and O–H groups in total. The van der Waals surface area contributed by atoms with E-state index in [9.17, 15) is 13.2 Å². The standard InChI is InChI=1S/C10H14F3N3/c1-7(14-4-3-10(11,12)13)9-8(2)15-5-6-16-9/h5-7,14H,3-4H2,1-2H3. The summed E-state index contributed by atoms with van der Waals surface area (Å²) in [6.07, 6.45) is -1.87. The third-order valence-corrected chi connectivity index (χ3v) is 2.19. The average molecular weight is 233 g/mol. The summed E-state index contributed by atoms with van der Waals surface area (Å²) >= 11 is 0. The van der Waals surface area contributed by atoms with Crippen LogP contribution in [0.2, 0.25) is 0 Å². The van der Waals surface area contributed by atoms with Gasteiger partial charge < -0.3 is 5.32 Å². The predicted octanol–water partition coefficient (Wildman–Crippen LogP) is 2.39. The Labute approximate surface area is 92.1 Å². The lowest BCUT2D eigenvalue weighted by molar-refractivity contribution is -0.133. The molecule has 1 rings (SSSR count). The van der Waals surface area contributed by atoms with Gasteiger partial charge in [-0.15, -0.1) is 0 Å². The van der Waals surface area contributed by atoms with Gasteiger partial charge in [0.15, 0.2) is 0 Å². The molecule has 6 heteroatoms. The molecule has 0 spiro atoms. The maximum absolute atomic E-state index is 11.9. The van der Waals surface area contributed by atoms with Crippen molar-refractivity contribution < 1.29 is 13.2 Å². The van der Waals surface area contributed by atoms with Crippen molar-refractivity contribution in [1.29, 1.82) is 0 Å². The van der Waals surface area contributed by atoms with Gasteiger partial charge in [-0.2, -0.15) is 13.2 Å². The van der Waals surface area contributed by atoms with Crippen molar-refractivity contribution in [2.24, 2.45) is 0 Å². The maximum atomic E-state index is 11.9. The molecule has 16 heavy (non-hydrogen) atoms. The summed E-state index contributed by atoms with van der Waals surface area (Å²) in [7, 11) is 0. The Bertz CT molecular complexity index is 338. The van der Waals surface area contributed by atoms with E-state index in [0.717, 1.165) is 5.69 Å². The molecule has 0 aromatic carbocycles. The fourth-order valence-electron chi connectivity index (χ4n) is 1.37. The van der Waals surface area contributed by atoms with Crippen molar-refractivity contribution in [2.75, 3.05) is 6.54 Å². The topological polar surface area (TPSA) is 37.8 Å². The summed E-state index contributed by atoms with van der Waals surface area (Å²) < 4.78 is 35.8. The second-order valence-electron chi connectivity index (χ2n) is 3.57. The molecule has 0 radical (unpaired) electrons. The van der Waals surface area contributed by atoms with E-state index in [0.29, 0.717) is 5.69 Å². The normalized spacial score (nSPS) is 13.8. The molecule has 1 aromatic rings. The highest BCUT2D eigenvalue weighted by Gasteiger charge is 2.26. The highest BCUT2D eigenvalue weighted by molar-refractivity contribution is 5.12. The van der Waals surface area contributed by atoms with E-state index in [1.165, 1.54) is 6.20 Å². The lowest BCUT2D eigenvalue weighted by atomic mass is 10.2. The summed E-state index contributed by atoms with van der Waals surface area (Å²) in [6.45, 7) is 3.44. The molecule has 1 unspecified atom stereocenters. The van der Waals surface area contributed by atoms with Crippen LogP contribution in [0.1, 0.15) is 30.8 Å². The van der Waals surface area contributed by atoms with Gasteiger partial charge >= 0.3 is 6.18 Å². The SMILES string of the molecule is Cc1nccnc1C(C)NCCC(F)(F)F. The van der Waals surface area contributed by atoms with Crippen molar-refractivity contribution in [3.05, 3.63) is 23.8 Å². The van der Waals surface area contributed by atoms with Gasteiger partial charge in [0.05, 0.1) is 17.8 Å². The first-order valence-corrected chi connectivity index (χ1v) is 4.98. The van der Waals surface area contributed by atoms with Crippen molar-refractivity contribution in [1.82, 2.24) is 15.3 Å². The molecule has 1 atom stereocenters. The summed E-state index contributed by atoms with van der Waals surface area (Å²) in [4.78, 5) is 8.12. The Morgan fingerprint density at radius 3 is 2.50 bits per heavy atom. The molecular weight excluding hydrogens is 219 g/mol. The molecule has 90 valence electrons. The van der Waals surface area contributed by atoms with Crippen molar-refractivity contribution in [3.63, 3.8) is 0 Å². The highest BCUT2D eigenvalue weighted by atomic mass is 19.4. The van der Waals surface area contributed by atoms with Gasteiger partial charge in [-0.05, 0) is 13.8 Å². The smallest absolute Gasteiger partial charge is 0.308 e. The lowest BCUT2D eigenvalue weighted by Gasteiger charge is -2.15. The minimum Gasteiger partial charge on any atom is -0.308 e. The van der Waals surface area contributed by atoms with Crippen LogP contribution < -0.4 is 5.32 Å². The van der Waals surface area contributed by atoms with E-state index in [1.807, 2.05) is 0 Å². The van der Waals surface area contributed by atoms with E-state index >= 15 is 0 Å². The Balaban J connectivity index is 2.47. The average Bonchev–Trinajstić information content (AvgIpc) is 2.16. The number of aromatic nitrogens is 2. The summed E-state index contributed by atoms with van der Waals surface area (Å²) in [5.41, 5.74) is 1.42. The van der Waals surface area contributed by atoms with Crippen LogP contribution in [0.25, 0.3) is 0 Å². The van der Waals surface area contributed by atoms with Crippen LogP contribution in [0.3, 0.4) is 0 Å². The fourth-order valence-corrected chi connectivity index (χ4v) is 1.37. The van der Waals surface area contributed by atoms with Gasteiger partial charge in [0.1, 0.15) is 0 Å². The first-order valence-electron chi connectivity index (χ1n) is 4.98. The van der Waals surface area contributed by atoms with Crippen LogP contribution >= 0.6 is 0 Å². The first kappa shape index (κ1) is 12.9. The molecule has 0 aliphatic heterocycles. The predicted molar refractivity (Wildman–Crippen MR) is 53.9 cm³/mol. The van der Waals surface area contributed by atoms with Gasteiger partial charge in [0.2, 0.25) is 0 Å². The van der Waals surface area contributed by atoms with Crippen LogP contribution in [-0.2, 0) is 0 Å². The van der Waals surface area contributed by atoms with E-state index < -0.39 is 12.6 Å². The largest absolute Gasteiger partial charge is 0.390 e. The van der Waals surface area contributed by atoms with Crippen LogP contribution in [0, 0.1) is 6.92 Å². The molecule has 0 aliphatic rings. The zero-order valence-electron chi connectivity index (χ0n) is 9.17. The molecule has 1 aromatic heterocycles. The second-order valence-corrected chi connectivity index (χ2v) is 3.57. The van der Waals surface area contributed by atoms with Gasteiger partial charge in [0.25, 0.3) is 0 Å². The quantitative estimate of drug-likeness (QED) is 0.867. The number of aryl methyl sites for hydroxylation is 1. The van der Waals surface area contributed by atoms with E-state index in [1.54, 1.807) is 20.0 Å². The maximum Gasteiger partial charge on any atom is 0.390 e. The summed E-state index contributed by atoms with van der Waals surface area (Å²) in [6, 6.07) is -0.226. The minimum absolute atomic E-state index is 0.110. The number of hydrogen-bond acceptors (Lipinski definition) is 3. The Hall–Kier alpha value is -1.17. The molecule has 0 amide bonds. The van der Waals surface area contributed by atoms with Gasteiger partial charge in [-0.3, -0.25) is 9.97 Å². The van der Waals surface area contributed by atoms with Crippen LogP contribution in [0.5, 0.6) is 0 Å². The number of alkyl halides is 3. The minimum atomic E-state index is -4.12. The van der Waals surface area contributed by atoms with Crippen molar-refractivity contribution in [3.8, 4) is 0 Å². The Kier molecular flexibility index (Phi) is 4.23. The van der Waals surface area contributed by atoms with Crippen LogP contribution in [0.4, 0.5) is 13.2 Å². The number of rotatable bonds is 4. The second kappa shape index (κ2) is 5.25. The van der Waals surface area contributed by atoms with E-state index in [-0.39, 0.29) is 12.6 Å². The van der Waals surface area contributed by atoms with Gasteiger partial charge in [-0.25, -0.2) is 0 Å². The van der Waals surface area contributed by atoms with Gasteiger partial charge in [-0.1, -0.05) is 0 Å². The molecule has 3 nitrogen and oxygen atoms in total. The van der Waals surface area contributed by atoms with Crippen molar-refractivity contribution in [2.45, 2.75) is 32.5 Å². The molecule has 0 fully saturated rings. The van der Waals surface area contributed by atoms with E-state index in [2.05, 4.69) is 15.3 Å². The number of halogens is 3. The zero-order chi connectivity index (χ0) is 12.2. The molecule has 0 saturated heterocycles. The van der Waals surface area contributed by atoms with Crippen molar-refractivity contribution >= 4 is 0 Å². The molecular formula is C10H14F3N3. The van der Waals surface area contributed by atoms with Gasteiger partial charge in [0, 0.05) is 25.0 Å². The summed E-state index contributed by atoms with van der Waals surface area (Å²) in [5, 5.41) is 2.77. The molecule has 0 bridgehead atoms. The number of hydrogen-bond donors (Lipinski definition) is 1. The third kappa shape index (κ3) is 4.14. The van der Waals surface area contributed by atoms with E-state index in [4.69, 9.17) is 0 Å². The lowest BCUT2D eigenvalue weighted by Crippen LogP contribution is -2.25. The van der Waals surface area contributed by atoms with Crippen LogP contribution in [0.15, 0.2) is 12.4 Å².